The van der Waals surface area contributed by atoms with Gasteiger partial charge in [0.2, 0.25) is 0 Å². The van der Waals surface area contributed by atoms with Gasteiger partial charge in [0.15, 0.2) is 5.69 Å². The highest BCUT2D eigenvalue weighted by Crippen LogP contribution is 2.08. The highest BCUT2D eigenvalue weighted by molar-refractivity contribution is 5.36. The molecule has 1 heterocycles. The van der Waals surface area contributed by atoms with Crippen LogP contribution in [0.4, 0.5) is 5.82 Å². The molecule has 0 aliphatic heterocycles. The molecule has 0 spiro atoms. The molecule has 0 aliphatic carbocycles. The predicted molar refractivity (Wildman–Crippen MR) is 70.1 cm³/mol. The Morgan fingerprint density at radius 2 is 2.00 bits per heavy atom. The molecule has 18 heavy (non-hydrogen) atoms. The quantitative estimate of drug-likeness (QED) is 0.887. The Kier molecular flexibility index (Phi) is 3.87. The van der Waals surface area contributed by atoms with Crippen molar-refractivity contribution in [3.8, 4) is 6.07 Å². The van der Waals surface area contributed by atoms with Gasteiger partial charge in [-0.25, -0.2) is 0 Å². The smallest absolute Gasteiger partial charge is 0.163 e. The molecule has 0 unspecified atom stereocenters. The van der Waals surface area contributed by atoms with Gasteiger partial charge in [0.25, 0.3) is 0 Å². The second-order valence-electron chi connectivity index (χ2n) is 4.02. The summed E-state index contributed by atoms with van der Waals surface area (Å²) in [4.78, 5) is 0. The van der Waals surface area contributed by atoms with E-state index in [0.717, 1.165) is 13.0 Å². The zero-order chi connectivity index (χ0) is 12.8. The van der Waals surface area contributed by atoms with Crippen LogP contribution in [0.2, 0.25) is 0 Å². The lowest BCUT2D eigenvalue weighted by Gasteiger charge is -2.07. The Morgan fingerprint density at radius 3 is 2.67 bits per heavy atom. The second-order valence-corrected chi connectivity index (χ2v) is 4.02. The molecule has 90 valence electrons. The van der Waals surface area contributed by atoms with Crippen LogP contribution >= 0.6 is 0 Å². The van der Waals surface area contributed by atoms with Gasteiger partial charge < -0.3 is 5.32 Å². The molecule has 2 aromatic rings. The van der Waals surface area contributed by atoms with Crippen LogP contribution in [0.25, 0.3) is 0 Å². The van der Waals surface area contributed by atoms with E-state index in [2.05, 4.69) is 34.6 Å². The van der Waals surface area contributed by atoms with E-state index in [4.69, 9.17) is 5.26 Å². The van der Waals surface area contributed by atoms with Crippen LogP contribution in [-0.2, 0) is 6.42 Å². The van der Waals surface area contributed by atoms with Crippen molar-refractivity contribution in [1.82, 2.24) is 10.2 Å². The van der Waals surface area contributed by atoms with Gasteiger partial charge in [0.05, 0.1) is 0 Å². The maximum absolute atomic E-state index is 8.61. The molecule has 0 saturated heterocycles. The van der Waals surface area contributed by atoms with Gasteiger partial charge in [-0.05, 0) is 36.6 Å². The fourth-order valence-electron chi connectivity index (χ4n) is 1.70. The number of aryl methyl sites for hydroxylation is 1. The van der Waals surface area contributed by atoms with E-state index in [-0.39, 0.29) is 0 Å². The van der Waals surface area contributed by atoms with Crippen LogP contribution in [0.15, 0.2) is 36.4 Å². The molecule has 0 radical (unpaired) electrons. The van der Waals surface area contributed by atoms with E-state index in [1.807, 2.05) is 18.2 Å². The third-order valence-electron chi connectivity index (χ3n) is 2.74. The maximum Gasteiger partial charge on any atom is 0.163 e. The summed E-state index contributed by atoms with van der Waals surface area (Å²) in [5.41, 5.74) is 2.95. The topological polar surface area (TPSA) is 61.6 Å². The molecule has 0 amide bonds. The highest BCUT2D eigenvalue weighted by Gasteiger charge is 1.98. The number of nitrogens with zero attached hydrogens (tertiary/aromatic N) is 3. The first-order chi connectivity index (χ1) is 8.79. The van der Waals surface area contributed by atoms with Gasteiger partial charge in [-0.15, -0.1) is 10.2 Å². The summed E-state index contributed by atoms with van der Waals surface area (Å²) < 4.78 is 0. The molecule has 1 aromatic carbocycles. The lowest BCUT2D eigenvalue weighted by atomic mass is 10.1. The largest absolute Gasteiger partial charge is 0.368 e. The second kappa shape index (κ2) is 5.78. The van der Waals surface area contributed by atoms with Crippen molar-refractivity contribution in [2.45, 2.75) is 13.3 Å². The molecular formula is C14H14N4. The summed E-state index contributed by atoms with van der Waals surface area (Å²) in [5, 5.41) is 19.5. The van der Waals surface area contributed by atoms with Crippen LogP contribution < -0.4 is 5.32 Å². The Balaban J connectivity index is 1.89. The molecule has 4 heteroatoms. The summed E-state index contributed by atoms with van der Waals surface area (Å²) in [6.45, 7) is 2.91. The Hall–Kier alpha value is -2.41. The lowest BCUT2D eigenvalue weighted by Crippen LogP contribution is -2.07. The van der Waals surface area contributed by atoms with Crippen molar-refractivity contribution >= 4 is 5.82 Å². The van der Waals surface area contributed by atoms with E-state index in [0.29, 0.717) is 11.5 Å². The van der Waals surface area contributed by atoms with Crippen molar-refractivity contribution in [3.05, 3.63) is 53.2 Å². The van der Waals surface area contributed by atoms with E-state index in [1.54, 1.807) is 12.1 Å². The van der Waals surface area contributed by atoms with Crippen LogP contribution in [-0.4, -0.2) is 16.7 Å². The average molecular weight is 238 g/mol. The Labute approximate surface area is 106 Å². The van der Waals surface area contributed by atoms with Crippen LogP contribution in [0.3, 0.4) is 0 Å². The molecule has 1 aromatic heterocycles. The first kappa shape index (κ1) is 12.1. The van der Waals surface area contributed by atoms with E-state index in [9.17, 15) is 0 Å². The summed E-state index contributed by atoms with van der Waals surface area (Å²) >= 11 is 0. The minimum Gasteiger partial charge on any atom is -0.368 e. The first-order valence-corrected chi connectivity index (χ1v) is 5.82. The number of nitriles is 1. The summed E-state index contributed by atoms with van der Waals surface area (Å²) in [6.07, 6.45) is 0.939. The van der Waals surface area contributed by atoms with Gasteiger partial charge in [-0.1, -0.05) is 24.3 Å². The minimum absolute atomic E-state index is 0.333. The summed E-state index contributed by atoms with van der Waals surface area (Å²) in [7, 11) is 0. The molecule has 0 fully saturated rings. The molecular weight excluding hydrogens is 224 g/mol. The maximum atomic E-state index is 8.61. The summed E-state index contributed by atoms with van der Waals surface area (Å²) in [5.74, 6) is 0.697. The predicted octanol–water partition coefficient (Wildman–Crippen LogP) is 2.31. The third kappa shape index (κ3) is 3.05. The van der Waals surface area contributed by atoms with Crippen molar-refractivity contribution in [3.63, 3.8) is 0 Å². The monoisotopic (exact) mass is 238 g/mol. The average Bonchev–Trinajstić information content (AvgIpc) is 2.42. The van der Waals surface area contributed by atoms with Gasteiger partial charge in [0, 0.05) is 6.54 Å². The van der Waals surface area contributed by atoms with Crippen molar-refractivity contribution in [2.75, 3.05) is 11.9 Å². The standard InChI is InChI=1S/C14H14N4/c1-11-4-2-3-5-12(11)8-9-16-14-7-6-13(10-15)17-18-14/h2-7H,8-9H2,1H3,(H,16,18). The fraction of sp³-hybridized carbons (Fsp3) is 0.214. The number of benzene rings is 1. The molecule has 0 aliphatic rings. The molecule has 0 saturated carbocycles. The SMILES string of the molecule is Cc1ccccc1CCNc1ccc(C#N)nn1. The van der Waals surface area contributed by atoms with Crippen LogP contribution in [0, 0.1) is 18.3 Å². The number of anilines is 1. The van der Waals surface area contributed by atoms with Gasteiger partial charge in [-0.3, -0.25) is 0 Å². The normalized spacial score (nSPS) is 9.78. The molecule has 1 N–H and O–H groups in total. The number of hydrogen-bond donors (Lipinski definition) is 1. The Bertz CT molecular complexity index is 555. The molecule has 0 atom stereocenters. The van der Waals surface area contributed by atoms with Gasteiger partial charge >= 0.3 is 0 Å². The van der Waals surface area contributed by atoms with Gasteiger partial charge in [0.1, 0.15) is 11.9 Å². The van der Waals surface area contributed by atoms with E-state index < -0.39 is 0 Å². The van der Waals surface area contributed by atoms with Crippen molar-refractivity contribution in [1.29, 1.82) is 5.26 Å². The third-order valence-corrected chi connectivity index (χ3v) is 2.74. The molecule has 0 bridgehead atoms. The molecule has 4 nitrogen and oxygen atoms in total. The first-order valence-electron chi connectivity index (χ1n) is 5.82. The van der Waals surface area contributed by atoms with Gasteiger partial charge in [-0.2, -0.15) is 5.26 Å². The number of nitrogens with one attached hydrogen (secondary N) is 1. The number of hydrogen-bond acceptors (Lipinski definition) is 4. The minimum atomic E-state index is 0.333. The van der Waals surface area contributed by atoms with Crippen molar-refractivity contribution < 1.29 is 0 Å². The highest BCUT2D eigenvalue weighted by atomic mass is 15.2. The fourth-order valence-corrected chi connectivity index (χ4v) is 1.70. The van der Waals surface area contributed by atoms with Crippen molar-refractivity contribution in [2.24, 2.45) is 0 Å². The van der Waals surface area contributed by atoms with E-state index in [1.165, 1.54) is 11.1 Å². The Morgan fingerprint density at radius 1 is 1.17 bits per heavy atom. The van der Waals surface area contributed by atoms with Crippen LogP contribution in [0.1, 0.15) is 16.8 Å². The molecule has 2 rings (SSSR count). The zero-order valence-corrected chi connectivity index (χ0v) is 10.2. The zero-order valence-electron chi connectivity index (χ0n) is 10.2. The van der Waals surface area contributed by atoms with E-state index >= 15 is 0 Å². The number of aromatic nitrogens is 2. The number of rotatable bonds is 4. The summed E-state index contributed by atoms with van der Waals surface area (Å²) in [6, 6.07) is 13.7. The van der Waals surface area contributed by atoms with Crippen LogP contribution in [0.5, 0.6) is 0 Å². The lowest BCUT2D eigenvalue weighted by molar-refractivity contribution is 0.953.